The van der Waals surface area contributed by atoms with Crippen LogP contribution >= 0.6 is 0 Å². The van der Waals surface area contributed by atoms with Crippen LogP contribution in [0.3, 0.4) is 0 Å². The largest absolute Gasteiger partial charge is 0.394 e. The summed E-state index contributed by atoms with van der Waals surface area (Å²) in [5.74, 6) is -0.146. The Labute approximate surface area is 83.1 Å². The van der Waals surface area contributed by atoms with Crippen LogP contribution in [0.5, 0.6) is 0 Å². The van der Waals surface area contributed by atoms with Crippen LogP contribution in [0.25, 0.3) is 0 Å². The van der Waals surface area contributed by atoms with E-state index in [-0.39, 0.29) is 31.3 Å². The zero-order chi connectivity index (χ0) is 11.0. The van der Waals surface area contributed by atoms with E-state index in [9.17, 15) is 9.59 Å². The minimum Gasteiger partial charge on any atom is -0.394 e. The van der Waals surface area contributed by atoms with Gasteiger partial charge in [-0.05, 0) is 13.3 Å². The van der Waals surface area contributed by atoms with Crippen LogP contribution in [0, 0.1) is 0 Å². The fourth-order valence-corrected chi connectivity index (χ4v) is 0.882. The van der Waals surface area contributed by atoms with Crippen molar-refractivity contribution < 1.29 is 19.8 Å². The number of nitrogens with one attached hydrogen (secondary N) is 1. The lowest BCUT2D eigenvalue weighted by molar-refractivity contribution is -0.122. The van der Waals surface area contributed by atoms with E-state index in [4.69, 9.17) is 10.2 Å². The molecule has 5 heteroatoms. The van der Waals surface area contributed by atoms with Crippen molar-refractivity contribution in [3.05, 3.63) is 0 Å². The van der Waals surface area contributed by atoms with E-state index in [1.807, 2.05) is 0 Å². The Morgan fingerprint density at radius 3 is 2.50 bits per heavy atom. The van der Waals surface area contributed by atoms with E-state index in [1.54, 1.807) is 0 Å². The number of rotatable bonds is 7. The SMILES string of the molecule is CC(=O)CCCC(=O)NCC(O)CO. The number of Topliss-reactive ketones (excluding diaryl/α,β-unsaturated/α-hetero) is 1. The lowest BCUT2D eigenvalue weighted by atomic mass is 10.2. The van der Waals surface area contributed by atoms with Crippen molar-refractivity contribution in [2.24, 2.45) is 0 Å². The number of carbonyl (C=O) groups is 2. The van der Waals surface area contributed by atoms with E-state index in [0.29, 0.717) is 12.8 Å². The zero-order valence-electron chi connectivity index (χ0n) is 8.32. The molecule has 1 unspecified atom stereocenters. The van der Waals surface area contributed by atoms with Crippen molar-refractivity contribution in [2.45, 2.75) is 32.3 Å². The first kappa shape index (κ1) is 13.1. The van der Waals surface area contributed by atoms with E-state index in [0.717, 1.165) is 0 Å². The second kappa shape index (κ2) is 7.46. The molecule has 0 saturated heterocycles. The predicted octanol–water partition coefficient (Wildman–Crippen LogP) is -0.785. The Morgan fingerprint density at radius 2 is 2.00 bits per heavy atom. The maximum Gasteiger partial charge on any atom is 0.220 e. The normalized spacial score (nSPS) is 12.2. The highest BCUT2D eigenvalue weighted by Gasteiger charge is 2.05. The molecule has 0 aliphatic heterocycles. The summed E-state index contributed by atoms with van der Waals surface area (Å²) in [6.45, 7) is 1.16. The van der Waals surface area contributed by atoms with Crippen molar-refractivity contribution in [3.63, 3.8) is 0 Å². The molecule has 0 aliphatic carbocycles. The molecule has 0 aromatic carbocycles. The first-order valence-corrected chi connectivity index (χ1v) is 4.61. The van der Waals surface area contributed by atoms with Crippen LogP contribution in [-0.4, -0.2) is 41.2 Å². The molecular formula is C9H17NO4. The fraction of sp³-hybridized carbons (Fsp3) is 0.778. The lowest BCUT2D eigenvalue weighted by Crippen LogP contribution is -2.33. The molecule has 1 amide bonds. The smallest absolute Gasteiger partial charge is 0.220 e. The van der Waals surface area contributed by atoms with E-state index in [1.165, 1.54) is 6.92 Å². The molecule has 0 aromatic rings. The summed E-state index contributed by atoms with van der Waals surface area (Å²) >= 11 is 0. The summed E-state index contributed by atoms with van der Waals surface area (Å²) in [5.41, 5.74) is 0. The predicted molar refractivity (Wildman–Crippen MR) is 50.6 cm³/mol. The highest BCUT2D eigenvalue weighted by Crippen LogP contribution is 1.95. The molecular weight excluding hydrogens is 186 g/mol. The minimum atomic E-state index is -0.910. The van der Waals surface area contributed by atoms with Crippen LogP contribution in [0.15, 0.2) is 0 Å². The van der Waals surface area contributed by atoms with Crippen LogP contribution < -0.4 is 5.32 Å². The quantitative estimate of drug-likeness (QED) is 0.506. The number of aliphatic hydroxyl groups is 2. The summed E-state index contributed by atoms with van der Waals surface area (Å²) in [6, 6.07) is 0. The molecule has 0 aromatic heterocycles. The van der Waals surface area contributed by atoms with Crippen LogP contribution in [0.2, 0.25) is 0 Å². The summed E-state index contributed by atoms with van der Waals surface area (Å²) in [6.07, 6.45) is 0.288. The van der Waals surface area contributed by atoms with E-state index >= 15 is 0 Å². The minimum absolute atomic E-state index is 0.0510. The van der Waals surface area contributed by atoms with Gasteiger partial charge < -0.3 is 20.3 Å². The molecule has 14 heavy (non-hydrogen) atoms. The maximum absolute atomic E-state index is 11.0. The van der Waals surface area contributed by atoms with Gasteiger partial charge in [-0.25, -0.2) is 0 Å². The Bertz CT molecular complexity index is 193. The van der Waals surface area contributed by atoms with Gasteiger partial charge in [0, 0.05) is 19.4 Å². The second-order valence-corrected chi connectivity index (χ2v) is 3.20. The number of hydrogen-bond donors (Lipinski definition) is 3. The first-order chi connectivity index (χ1) is 6.56. The highest BCUT2D eigenvalue weighted by molar-refractivity contribution is 5.78. The molecule has 1 atom stereocenters. The third kappa shape index (κ3) is 7.70. The summed E-state index contributed by atoms with van der Waals surface area (Å²) in [7, 11) is 0. The van der Waals surface area contributed by atoms with Crippen molar-refractivity contribution in [1.82, 2.24) is 5.32 Å². The third-order valence-electron chi connectivity index (χ3n) is 1.68. The van der Waals surface area contributed by atoms with E-state index < -0.39 is 6.10 Å². The molecule has 5 nitrogen and oxygen atoms in total. The second-order valence-electron chi connectivity index (χ2n) is 3.20. The van der Waals surface area contributed by atoms with Gasteiger partial charge in [0.1, 0.15) is 5.78 Å². The van der Waals surface area contributed by atoms with E-state index in [2.05, 4.69) is 5.32 Å². The number of ketones is 1. The van der Waals surface area contributed by atoms with Gasteiger partial charge in [-0.2, -0.15) is 0 Å². The highest BCUT2D eigenvalue weighted by atomic mass is 16.3. The Balaban J connectivity index is 3.41. The third-order valence-corrected chi connectivity index (χ3v) is 1.68. The van der Waals surface area contributed by atoms with Gasteiger partial charge >= 0.3 is 0 Å². The fourth-order valence-electron chi connectivity index (χ4n) is 0.882. The van der Waals surface area contributed by atoms with Gasteiger partial charge in [-0.1, -0.05) is 0 Å². The molecule has 0 aliphatic rings. The number of aliphatic hydroxyl groups excluding tert-OH is 2. The Morgan fingerprint density at radius 1 is 1.36 bits per heavy atom. The Kier molecular flexibility index (Phi) is 6.96. The van der Waals surface area contributed by atoms with Gasteiger partial charge in [0.2, 0.25) is 5.91 Å². The molecule has 0 bridgehead atoms. The maximum atomic E-state index is 11.0. The standard InChI is InChI=1S/C9H17NO4/c1-7(12)3-2-4-9(14)10-5-8(13)6-11/h8,11,13H,2-6H2,1H3,(H,10,14). The first-order valence-electron chi connectivity index (χ1n) is 4.61. The van der Waals surface area contributed by atoms with Crippen molar-refractivity contribution in [2.75, 3.05) is 13.2 Å². The summed E-state index contributed by atoms with van der Waals surface area (Å²) in [5, 5.41) is 19.8. The molecule has 0 radical (unpaired) electrons. The van der Waals surface area contributed by atoms with Gasteiger partial charge in [-0.3, -0.25) is 4.79 Å². The lowest BCUT2D eigenvalue weighted by Gasteiger charge is -2.08. The molecule has 0 spiro atoms. The van der Waals surface area contributed by atoms with Gasteiger partial charge in [0.15, 0.2) is 0 Å². The molecule has 0 rings (SSSR count). The number of amides is 1. The summed E-state index contributed by atoms with van der Waals surface area (Å²) < 4.78 is 0. The van der Waals surface area contributed by atoms with Crippen molar-refractivity contribution in [1.29, 1.82) is 0 Å². The Hall–Kier alpha value is -0.940. The number of hydrogen-bond acceptors (Lipinski definition) is 4. The van der Waals surface area contributed by atoms with Gasteiger partial charge in [-0.15, -0.1) is 0 Å². The van der Waals surface area contributed by atoms with Crippen LogP contribution in [0.4, 0.5) is 0 Å². The molecule has 82 valence electrons. The van der Waals surface area contributed by atoms with Crippen molar-refractivity contribution >= 4 is 11.7 Å². The summed E-state index contributed by atoms with van der Waals surface area (Å²) in [4.78, 5) is 21.6. The molecule has 3 N–H and O–H groups in total. The molecule has 0 fully saturated rings. The monoisotopic (exact) mass is 203 g/mol. The van der Waals surface area contributed by atoms with Gasteiger partial charge in [0.05, 0.1) is 12.7 Å². The average molecular weight is 203 g/mol. The molecule has 0 heterocycles. The number of carbonyl (C=O) groups excluding carboxylic acids is 2. The molecule has 0 saturated carbocycles. The van der Waals surface area contributed by atoms with Crippen LogP contribution in [-0.2, 0) is 9.59 Å². The van der Waals surface area contributed by atoms with Crippen molar-refractivity contribution in [3.8, 4) is 0 Å². The average Bonchev–Trinajstić information content (AvgIpc) is 2.13. The topological polar surface area (TPSA) is 86.6 Å². The van der Waals surface area contributed by atoms with Gasteiger partial charge in [0.25, 0.3) is 0 Å². The van der Waals surface area contributed by atoms with Crippen LogP contribution in [0.1, 0.15) is 26.2 Å². The zero-order valence-corrected chi connectivity index (χ0v) is 8.32.